The van der Waals surface area contributed by atoms with Crippen LogP contribution in [0, 0.1) is 5.92 Å². The molecule has 1 aliphatic rings. The van der Waals surface area contributed by atoms with E-state index in [4.69, 9.17) is 17.3 Å². The lowest BCUT2D eigenvalue weighted by Crippen LogP contribution is -2.44. The summed E-state index contributed by atoms with van der Waals surface area (Å²) in [4.78, 5) is 0.100. The van der Waals surface area contributed by atoms with Gasteiger partial charge < -0.3 is 5.73 Å². The molecule has 0 radical (unpaired) electrons. The van der Waals surface area contributed by atoms with Crippen molar-refractivity contribution in [3.8, 4) is 0 Å². The van der Waals surface area contributed by atoms with Gasteiger partial charge in [-0.2, -0.15) is 0 Å². The molecule has 0 aliphatic heterocycles. The van der Waals surface area contributed by atoms with Gasteiger partial charge in [0.15, 0.2) is 0 Å². The summed E-state index contributed by atoms with van der Waals surface area (Å²) in [6, 6.07) is 4.83. The van der Waals surface area contributed by atoms with Crippen LogP contribution in [0.25, 0.3) is 0 Å². The standard InChI is InChI=1S/C13H18BrClN2O2S/c14-10-5-3-6-11(15)13(10)20(18,19)17-12-7-2-1-4-9(12)8-16/h3,5-6,9,12,17H,1-2,4,7-8,16H2. The third kappa shape index (κ3) is 3.54. The van der Waals surface area contributed by atoms with Crippen molar-refractivity contribution in [3.63, 3.8) is 0 Å². The van der Waals surface area contributed by atoms with E-state index in [0.717, 1.165) is 25.7 Å². The molecule has 1 fully saturated rings. The fraction of sp³-hybridized carbons (Fsp3) is 0.538. The van der Waals surface area contributed by atoms with Crippen LogP contribution in [-0.2, 0) is 10.0 Å². The first-order chi connectivity index (χ1) is 9.45. The van der Waals surface area contributed by atoms with E-state index < -0.39 is 10.0 Å². The molecule has 0 heterocycles. The minimum Gasteiger partial charge on any atom is -0.330 e. The molecule has 20 heavy (non-hydrogen) atoms. The summed E-state index contributed by atoms with van der Waals surface area (Å²) in [6.07, 6.45) is 3.92. The molecule has 4 nitrogen and oxygen atoms in total. The molecule has 1 aliphatic carbocycles. The molecule has 2 atom stereocenters. The molecule has 0 saturated heterocycles. The second-order valence-corrected chi connectivity index (χ2v) is 7.97. The number of halogens is 2. The van der Waals surface area contributed by atoms with Crippen molar-refractivity contribution in [2.24, 2.45) is 11.7 Å². The Bertz CT molecular complexity index is 559. The largest absolute Gasteiger partial charge is 0.330 e. The van der Waals surface area contributed by atoms with E-state index in [0.29, 0.717) is 11.0 Å². The van der Waals surface area contributed by atoms with Crippen LogP contribution in [0.2, 0.25) is 5.02 Å². The second-order valence-electron chi connectivity index (χ2n) is 5.06. The van der Waals surface area contributed by atoms with Crippen molar-refractivity contribution in [2.75, 3.05) is 6.54 Å². The molecule has 1 aromatic rings. The van der Waals surface area contributed by atoms with E-state index in [1.54, 1.807) is 18.2 Å². The van der Waals surface area contributed by atoms with E-state index >= 15 is 0 Å². The van der Waals surface area contributed by atoms with Crippen LogP contribution in [-0.4, -0.2) is 21.0 Å². The van der Waals surface area contributed by atoms with Crippen molar-refractivity contribution in [2.45, 2.75) is 36.6 Å². The smallest absolute Gasteiger partial charge is 0.243 e. The Morgan fingerprint density at radius 3 is 2.70 bits per heavy atom. The Kier molecular flexibility index (Phi) is 5.48. The predicted molar refractivity (Wildman–Crippen MR) is 84.3 cm³/mol. The summed E-state index contributed by atoms with van der Waals surface area (Å²) in [6.45, 7) is 0.497. The van der Waals surface area contributed by atoms with Gasteiger partial charge in [-0.25, -0.2) is 13.1 Å². The number of hydrogen-bond donors (Lipinski definition) is 2. The lowest BCUT2D eigenvalue weighted by atomic mass is 9.85. The molecule has 2 rings (SSSR count). The molecule has 1 aromatic carbocycles. The fourth-order valence-corrected chi connectivity index (χ4v) is 5.72. The number of nitrogens with one attached hydrogen (secondary N) is 1. The van der Waals surface area contributed by atoms with Gasteiger partial charge in [-0.1, -0.05) is 30.5 Å². The Balaban J connectivity index is 2.27. The first kappa shape index (κ1) is 16.2. The monoisotopic (exact) mass is 380 g/mol. The zero-order valence-corrected chi connectivity index (χ0v) is 14.1. The quantitative estimate of drug-likeness (QED) is 0.842. The zero-order valence-electron chi connectivity index (χ0n) is 11.0. The van der Waals surface area contributed by atoms with Gasteiger partial charge in [0.1, 0.15) is 4.90 Å². The predicted octanol–water partition coefficient (Wildman–Crippen LogP) is 2.90. The summed E-state index contributed by atoms with van der Waals surface area (Å²) in [5.74, 6) is 0.194. The molecular formula is C13H18BrClN2O2S. The van der Waals surface area contributed by atoms with E-state index in [1.165, 1.54) is 0 Å². The van der Waals surface area contributed by atoms with Gasteiger partial charge >= 0.3 is 0 Å². The number of rotatable bonds is 4. The number of nitrogens with two attached hydrogens (primary N) is 1. The highest BCUT2D eigenvalue weighted by Gasteiger charge is 2.30. The molecule has 0 bridgehead atoms. The minimum atomic E-state index is -3.65. The van der Waals surface area contributed by atoms with Crippen molar-refractivity contribution in [3.05, 3.63) is 27.7 Å². The molecule has 112 valence electrons. The zero-order chi connectivity index (χ0) is 14.8. The third-order valence-corrected chi connectivity index (χ3v) is 6.65. The van der Waals surface area contributed by atoms with Crippen LogP contribution in [0.5, 0.6) is 0 Å². The van der Waals surface area contributed by atoms with Crippen LogP contribution in [0.4, 0.5) is 0 Å². The Hall–Kier alpha value is -0.140. The lowest BCUT2D eigenvalue weighted by molar-refractivity contribution is 0.296. The van der Waals surface area contributed by atoms with E-state index in [1.807, 2.05) is 0 Å². The average molecular weight is 382 g/mol. The maximum Gasteiger partial charge on any atom is 0.243 e. The van der Waals surface area contributed by atoms with Crippen LogP contribution in [0.15, 0.2) is 27.6 Å². The molecule has 2 unspecified atom stereocenters. The van der Waals surface area contributed by atoms with Crippen LogP contribution < -0.4 is 10.5 Å². The van der Waals surface area contributed by atoms with Crippen molar-refractivity contribution < 1.29 is 8.42 Å². The van der Waals surface area contributed by atoms with Crippen LogP contribution >= 0.6 is 27.5 Å². The molecule has 0 spiro atoms. The Labute approximate surface area is 133 Å². The molecule has 0 amide bonds. The maximum atomic E-state index is 12.5. The first-order valence-electron chi connectivity index (χ1n) is 6.62. The van der Waals surface area contributed by atoms with Gasteiger partial charge in [0.2, 0.25) is 10.0 Å². The highest BCUT2D eigenvalue weighted by molar-refractivity contribution is 9.10. The van der Waals surface area contributed by atoms with Gasteiger partial charge in [0.05, 0.1) is 5.02 Å². The SMILES string of the molecule is NCC1CCCCC1NS(=O)(=O)c1c(Cl)cccc1Br. The number of benzene rings is 1. The maximum absolute atomic E-state index is 12.5. The average Bonchev–Trinajstić information content (AvgIpc) is 2.38. The summed E-state index contributed by atoms with van der Waals surface area (Å²) >= 11 is 9.28. The normalized spacial score (nSPS) is 23.8. The Morgan fingerprint density at radius 1 is 1.35 bits per heavy atom. The number of hydrogen-bond acceptors (Lipinski definition) is 3. The third-order valence-electron chi connectivity index (χ3n) is 3.71. The number of sulfonamides is 1. The lowest BCUT2D eigenvalue weighted by Gasteiger charge is -2.31. The van der Waals surface area contributed by atoms with E-state index in [9.17, 15) is 8.42 Å². The van der Waals surface area contributed by atoms with Gasteiger partial charge in [0.25, 0.3) is 0 Å². The molecule has 1 saturated carbocycles. The minimum absolute atomic E-state index is 0.100. The summed E-state index contributed by atoms with van der Waals surface area (Å²) in [7, 11) is -3.65. The van der Waals surface area contributed by atoms with Crippen molar-refractivity contribution >= 4 is 37.6 Å². The van der Waals surface area contributed by atoms with Gasteiger partial charge in [-0.05, 0) is 53.4 Å². The molecule has 7 heteroatoms. The topological polar surface area (TPSA) is 72.2 Å². The summed E-state index contributed by atoms with van der Waals surface area (Å²) in [5.41, 5.74) is 5.74. The van der Waals surface area contributed by atoms with Crippen molar-refractivity contribution in [1.29, 1.82) is 0 Å². The van der Waals surface area contributed by atoms with Gasteiger partial charge in [0, 0.05) is 10.5 Å². The summed E-state index contributed by atoms with van der Waals surface area (Å²) < 4.78 is 28.3. The van der Waals surface area contributed by atoms with Crippen LogP contribution in [0.1, 0.15) is 25.7 Å². The highest BCUT2D eigenvalue weighted by Crippen LogP contribution is 2.31. The highest BCUT2D eigenvalue weighted by atomic mass is 79.9. The fourth-order valence-electron chi connectivity index (χ4n) is 2.64. The molecular weight excluding hydrogens is 364 g/mol. The second kappa shape index (κ2) is 6.75. The van der Waals surface area contributed by atoms with Crippen LogP contribution in [0.3, 0.4) is 0 Å². The van der Waals surface area contributed by atoms with Crippen molar-refractivity contribution in [1.82, 2.24) is 4.72 Å². The first-order valence-corrected chi connectivity index (χ1v) is 9.27. The molecule has 3 N–H and O–H groups in total. The Morgan fingerprint density at radius 2 is 2.05 bits per heavy atom. The summed E-state index contributed by atoms with van der Waals surface area (Å²) in [5, 5.41) is 0.215. The molecule has 0 aromatic heterocycles. The van der Waals surface area contributed by atoms with Gasteiger partial charge in [-0.3, -0.25) is 0 Å². The van der Waals surface area contributed by atoms with E-state index in [-0.39, 0.29) is 21.9 Å². The van der Waals surface area contributed by atoms with Gasteiger partial charge in [-0.15, -0.1) is 0 Å². The van der Waals surface area contributed by atoms with E-state index in [2.05, 4.69) is 20.7 Å².